The second kappa shape index (κ2) is 9.67. The minimum absolute atomic E-state index is 0.105. The minimum atomic E-state index is -3.89. The molecule has 0 radical (unpaired) electrons. The lowest BCUT2D eigenvalue weighted by molar-refractivity contribution is -0.133. The molecule has 1 saturated heterocycles. The number of nitrogens with one attached hydrogen (secondary N) is 1. The molecule has 0 aliphatic carbocycles. The Morgan fingerprint density at radius 2 is 1.45 bits per heavy atom. The predicted molar refractivity (Wildman–Crippen MR) is 116 cm³/mol. The first-order valence-electron chi connectivity index (χ1n) is 9.98. The van der Waals surface area contributed by atoms with Crippen molar-refractivity contribution < 1.29 is 27.9 Å². The summed E-state index contributed by atoms with van der Waals surface area (Å²) in [4.78, 5) is 14.7. The van der Waals surface area contributed by atoms with Crippen molar-refractivity contribution >= 4 is 15.7 Å². The van der Waals surface area contributed by atoms with E-state index in [2.05, 4.69) is 4.90 Å². The van der Waals surface area contributed by atoms with Crippen molar-refractivity contribution in [1.82, 2.24) is 10.4 Å². The molecule has 31 heavy (non-hydrogen) atoms. The van der Waals surface area contributed by atoms with E-state index in [-0.39, 0.29) is 18.6 Å². The van der Waals surface area contributed by atoms with Crippen LogP contribution in [0, 0.1) is 0 Å². The van der Waals surface area contributed by atoms with E-state index >= 15 is 0 Å². The molecule has 0 atom stereocenters. The Morgan fingerprint density at radius 3 is 1.90 bits per heavy atom. The summed E-state index contributed by atoms with van der Waals surface area (Å²) >= 11 is 0. The van der Waals surface area contributed by atoms with Gasteiger partial charge < -0.3 is 9.47 Å². The number of methoxy groups -OCH3 is 2. The van der Waals surface area contributed by atoms with Gasteiger partial charge in [-0.05, 0) is 48.2 Å². The largest absolute Gasteiger partial charge is 0.497 e. The fraction of sp³-hybridized carbons (Fsp3) is 0.409. The van der Waals surface area contributed by atoms with Gasteiger partial charge in [0.25, 0.3) is 5.91 Å². The highest BCUT2D eigenvalue weighted by Crippen LogP contribution is 2.34. The molecule has 2 N–H and O–H groups in total. The zero-order valence-corrected chi connectivity index (χ0v) is 18.5. The molecule has 3 rings (SSSR count). The van der Waals surface area contributed by atoms with E-state index in [9.17, 15) is 18.4 Å². The van der Waals surface area contributed by atoms with Crippen molar-refractivity contribution in [1.29, 1.82) is 0 Å². The van der Waals surface area contributed by atoms with Crippen LogP contribution in [0.4, 0.5) is 0 Å². The van der Waals surface area contributed by atoms with Crippen molar-refractivity contribution in [2.45, 2.75) is 29.9 Å². The lowest BCUT2D eigenvalue weighted by Crippen LogP contribution is -2.57. The molecule has 2 aromatic rings. The monoisotopic (exact) mass is 448 g/mol. The molecule has 8 nitrogen and oxygen atoms in total. The standard InChI is InChI=1S/C22H28N2O6S/c1-29-19-7-3-17(4-8-19)15-24-13-11-22(12-14-24,21(25)23-26)31(27,28)16-18-5-9-20(30-2)10-6-18/h3-10,26H,11-16H2,1-2H3,(H,23,25). The second-order valence-electron chi connectivity index (χ2n) is 7.67. The molecule has 2 aromatic carbocycles. The van der Waals surface area contributed by atoms with Crippen molar-refractivity contribution in [2.75, 3.05) is 27.3 Å². The van der Waals surface area contributed by atoms with Gasteiger partial charge in [-0.2, -0.15) is 0 Å². The maximum absolute atomic E-state index is 13.3. The molecular weight excluding hydrogens is 420 g/mol. The second-order valence-corrected chi connectivity index (χ2v) is 9.97. The maximum atomic E-state index is 13.3. The Balaban J connectivity index is 1.74. The number of rotatable bonds is 8. The lowest BCUT2D eigenvalue weighted by atomic mass is 9.94. The zero-order valence-electron chi connectivity index (χ0n) is 17.7. The Kier molecular flexibility index (Phi) is 7.19. The number of carbonyl (C=O) groups excluding carboxylic acids is 1. The van der Waals surface area contributed by atoms with E-state index < -0.39 is 20.5 Å². The first-order valence-corrected chi connectivity index (χ1v) is 11.6. The van der Waals surface area contributed by atoms with Gasteiger partial charge >= 0.3 is 0 Å². The van der Waals surface area contributed by atoms with Crippen molar-refractivity contribution in [3.8, 4) is 11.5 Å². The van der Waals surface area contributed by atoms with Gasteiger partial charge in [0.2, 0.25) is 0 Å². The highest BCUT2D eigenvalue weighted by molar-refractivity contribution is 7.92. The van der Waals surface area contributed by atoms with Gasteiger partial charge in [0.05, 0.1) is 20.0 Å². The van der Waals surface area contributed by atoms with E-state index in [1.165, 1.54) is 7.11 Å². The SMILES string of the molecule is COc1ccc(CN2CCC(C(=O)NO)(S(=O)(=O)Cc3ccc(OC)cc3)CC2)cc1. The van der Waals surface area contributed by atoms with Gasteiger partial charge in [0.1, 0.15) is 11.5 Å². The maximum Gasteiger partial charge on any atom is 0.264 e. The Morgan fingerprint density at radius 1 is 0.968 bits per heavy atom. The lowest BCUT2D eigenvalue weighted by Gasteiger charge is -2.39. The Labute approximate surface area is 182 Å². The fourth-order valence-corrected chi connectivity index (χ4v) is 5.96. The van der Waals surface area contributed by atoms with Gasteiger partial charge in [-0.3, -0.25) is 14.9 Å². The predicted octanol–water partition coefficient (Wildman–Crippen LogP) is 2.16. The van der Waals surface area contributed by atoms with Gasteiger partial charge in [0, 0.05) is 19.6 Å². The number of nitrogens with zero attached hydrogens (tertiary/aromatic N) is 1. The molecule has 1 aliphatic heterocycles. The van der Waals surface area contributed by atoms with Crippen molar-refractivity contribution in [3.05, 3.63) is 59.7 Å². The Hall–Kier alpha value is -2.62. The molecule has 168 valence electrons. The van der Waals surface area contributed by atoms with E-state index in [0.717, 1.165) is 11.3 Å². The first kappa shape index (κ1) is 23.1. The molecule has 1 fully saturated rings. The average molecular weight is 449 g/mol. The van der Waals surface area contributed by atoms with Crippen LogP contribution in [0.5, 0.6) is 11.5 Å². The summed E-state index contributed by atoms with van der Waals surface area (Å²) in [6, 6.07) is 14.4. The van der Waals surface area contributed by atoms with Crippen LogP contribution < -0.4 is 15.0 Å². The quantitative estimate of drug-likeness (QED) is 0.471. The van der Waals surface area contributed by atoms with Gasteiger partial charge in [-0.1, -0.05) is 24.3 Å². The van der Waals surface area contributed by atoms with E-state index in [0.29, 0.717) is 30.9 Å². The smallest absolute Gasteiger partial charge is 0.264 e. The third kappa shape index (κ3) is 5.00. The van der Waals surface area contributed by atoms with Gasteiger partial charge in [-0.15, -0.1) is 0 Å². The van der Waals surface area contributed by atoms with Gasteiger partial charge in [0.15, 0.2) is 14.6 Å². The van der Waals surface area contributed by atoms with Crippen LogP contribution >= 0.6 is 0 Å². The van der Waals surface area contributed by atoms with Crippen LogP contribution in [0.1, 0.15) is 24.0 Å². The number of hydroxylamine groups is 1. The summed E-state index contributed by atoms with van der Waals surface area (Å²) in [5.41, 5.74) is 3.22. The van der Waals surface area contributed by atoms with E-state index in [1.54, 1.807) is 36.9 Å². The molecule has 9 heteroatoms. The number of amides is 1. The number of hydrogen-bond acceptors (Lipinski definition) is 7. The van der Waals surface area contributed by atoms with Crippen molar-refractivity contribution in [2.24, 2.45) is 0 Å². The Bertz CT molecular complexity index is 982. The third-order valence-electron chi connectivity index (χ3n) is 5.86. The number of benzene rings is 2. The van der Waals surface area contributed by atoms with Crippen LogP contribution in [0.15, 0.2) is 48.5 Å². The summed E-state index contributed by atoms with van der Waals surface area (Å²) in [5.74, 6) is 0.231. The normalized spacial score (nSPS) is 16.5. The molecule has 1 heterocycles. The topological polar surface area (TPSA) is 105 Å². The third-order valence-corrected chi connectivity index (χ3v) is 8.35. The average Bonchev–Trinajstić information content (AvgIpc) is 2.79. The molecule has 0 spiro atoms. The summed E-state index contributed by atoms with van der Waals surface area (Å²) in [5, 5.41) is 9.29. The molecule has 0 unspecified atom stereocenters. The van der Waals surface area contributed by atoms with Crippen LogP contribution in [0.25, 0.3) is 0 Å². The summed E-state index contributed by atoms with van der Waals surface area (Å²) < 4.78 is 35.3. The number of likely N-dealkylation sites (tertiary alicyclic amines) is 1. The number of hydrogen-bond donors (Lipinski definition) is 2. The van der Waals surface area contributed by atoms with Crippen LogP contribution in [0.2, 0.25) is 0 Å². The molecule has 1 aliphatic rings. The van der Waals surface area contributed by atoms with Crippen LogP contribution in [-0.2, 0) is 26.9 Å². The molecule has 0 aromatic heterocycles. The molecular formula is C22H28N2O6S. The number of sulfone groups is 1. The highest BCUT2D eigenvalue weighted by atomic mass is 32.2. The summed E-state index contributed by atoms with van der Waals surface area (Å²) in [6.45, 7) is 1.47. The number of ether oxygens (including phenoxy) is 2. The van der Waals surface area contributed by atoms with E-state index in [1.807, 2.05) is 24.3 Å². The molecule has 0 saturated carbocycles. The fourth-order valence-electron chi connectivity index (χ4n) is 3.92. The van der Waals surface area contributed by atoms with Crippen LogP contribution in [-0.4, -0.2) is 56.5 Å². The number of carbonyl (C=O) groups is 1. The number of piperidine rings is 1. The summed E-state index contributed by atoms with van der Waals surface area (Å²) in [6.07, 6.45) is 0.210. The summed E-state index contributed by atoms with van der Waals surface area (Å²) in [7, 11) is -0.748. The van der Waals surface area contributed by atoms with Crippen LogP contribution in [0.3, 0.4) is 0 Å². The van der Waals surface area contributed by atoms with E-state index in [4.69, 9.17) is 9.47 Å². The molecule has 0 bridgehead atoms. The first-order chi connectivity index (χ1) is 14.8. The molecule has 1 amide bonds. The van der Waals surface area contributed by atoms with Gasteiger partial charge in [-0.25, -0.2) is 13.9 Å². The van der Waals surface area contributed by atoms with Crippen molar-refractivity contribution in [3.63, 3.8) is 0 Å². The minimum Gasteiger partial charge on any atom is -0.497 e. The highest BCUT2D eigenvalue weighted by Gasteiger charge is 2.51. The zero-order chi connectivity index (χ0) is 22.5.